The fraction of sp³-hybridized carbons (Fsp3) is 0.143. The molecule has 0 aliphatic heterocycles. The zero-order valence-electron chi connectivity index (χ0n) is 12.0. The standard InChI is InChI=1S/C14H13N7O2/c22-21(23)13-6-17-14(18-7-13)16-5-11-3-1-2-4-12(11)8-20-10-15-9-19-20/h1-4,6-7,9-10H,5,8H2,(H,16,17,18). The van der Waals surface area contributed by atoms with Crippen molar-refractivity contribution in [2.45, 2.75) is 13.1 Å². The lowest BCUT2D eigenvalue weighted by atomic mass is 10.1. The highest BCUT2D eigenvalue weighted by Crippen LogP contribution is 2.13. The van der Waals surface area contributed by atoms with Gasteiger partial charge >= 0.3 is 5.69 Å². The van der Waals surface area contributed by atoms with Crippen LogP contribution in [0.5, 0.6) is 0 Å². The van der Waals surface area contributed by atoms with Crippen LogP contribution < -0.4 is 5.32 Å². The van der Waals surface area contributed by atoms with Crippen molar-refractivity contribution in [2.24, 2.45) is 0 Å². The molecule has 0 amide bonds. The first-order valence-electron chi connectivity index (χ1n) is 6.82. The Morgan fingerprint density at radius 1 is 1.17 bits per heavy atom. The van der Waals surface area contributed by atoms with Gasteiger partial charge in [-0.3, -0.25) is 10.1 Å². The van der Waals surface area contributed by atoms with E-state index >= 15 is 0 Å². The summed E-state index contributed by atoms with van der Waals surface area (Å²) in [5, 5.41) is 17.7. The second-order valence-corrected chi connectivity index (χ2v) is 4.74. The van der Waals surface area contributed by atoms with E-state index in [1.54, 1.807) is 11.0 Å². The van der Waals surface area contributed by atoms with Crippen molar-refractivity contribution in [1.29, 1.82) is 0 Å². The molecule has 2 heterocycles. The Kier molecular flexibility index (Phi) is 4.18. The fourth-order valence-electron chi connectivity index (χ4n) is 2.05. The molecule has 0 atom stereocenters. The number of hydrogen-bond donors (Lipinski definition) is 1. The van der Waals surface area contributed by atoms with Crippen LogP contribution in [0, 0.1) is 10.1 Å². The summed E-state index contributed by atoms with van der Waals surface area (Å²) in [6.07, 6.45) is 5.50. The monoisotopic (exact) mass is 311 g/mol. The molecule has 0 aliphatic carbocycles. The first kappa shape index (κ1) is 14.6. The van der Waals surface area contributed by atoms with Gasteiger partial charge in [0.25, 0.3) is 0 Å². The van der Waals surface area contributed by atoms with E-state index in [9.17, 15) is 10.1 Å². The normalized spacial score (nSPS) is 10.4. The molecule has 0 saturated heterocycles. The minimum Gasteiger partial charge on any atom is -0.350 e. The summed E-state index contributed by atoms with van der Waals surface area (Å²) >= 11 is 0. The molecule has 23 heavy (non-hydrogen) atoms. The molecule has 0 radical (unpaired) electrons. The van der Waals surface area contributed by atoms with E-state index < -0.39 is 4.92 Å². The predicted octanol–water partition coefficient (Wildman–Crippen LogP) is 1.64. The highest BCUT2D eigenvalue weighted by molar-refractivity contribution is 5.34. The van der Waals surface area contributed by atoms with Gasteiger partial charge in [0.15, 0.2) is 0 Å². The van der Waals surface area contributed by atoms with Crippen molar-refractivity contribution in [3.63, 3.8) is 0 Å². The van der Waals surface area contributed by atoms with Crippen molar-refractivity contribution in [2.75, 3.05) is 5.32 Å². The van der Waals surface area contributed by atoms with Gasteiger partial charge in [-0.1, -0.05) is 24.3 Å². The molecule has 0 fully saturated rings. The Morgan fingerprint density at radius 2 is 1.91 bits per heavy atom. The molecule has 1 aromatic carbocycles. The molecule has 0 spiro atoms. The topological polar surface area (TPSA) is 112 Å². The van der Waals surface area contributed by atoms with E-state index in [2.05, 4.69) is 25.4 Å². The third-order valence-electron chi connectivity index (χ3n) is 3.20. The van der Waals surface area contributed by atoms with E-state index in [4.69, 9.17) is 0 Å². The maximum Gasteiger partial charge on any atom is 0.305 e. The Balaban J connectivity index is 1.69. The first-order chi connectivity index (χ1) is 11.2. The number of rotatable bonds is 6. The van der Waals surface area contributed by atoms with Gasteiger partial charge in [-0.15, -0.1) is 0 Å². The van der Waals surface area contributed by atoms with Crippen LogP contribution in [-0.2, 0) is 13.1 Å². The van der Waals surface area contributed by atoms with Crippen LogP contribution in [-0.4, -0.2) is 29.7 Å². The second-order valence-electron chi connectivity index (χ2n) is 4.74. The molecule has 1 N–H and O–H groups in total. The Hall–Kier alpha value is -3.36. The minimum absolute atomic E-state index is 0.137. The molecule has 0 aliphatic rings. The quantitative estimate of drug-likeness (QED) is 0.544. The first-order valence-corrected chi connectivity index (χ1v) is 6.82. The lowest BCUT2D eigenvalue weighted by molar-refractivity contribution is -0.385. The minimum atomic E-state index is -0.531. The van der Waals surface area contributed by atoms with Crippen LogP contribution in [0.25, 0.3) is 0 Å². The Bertz CT molecular complexity index is 787. The Labute approximate surface area is 131 Å². The zero-order chi connectivity index (χ0) is 16.1. The number of nitro groups is 1. The van der Waals surface area contributed by atoms with Crippen LogP contribution in [0.1, 0.15) is 11.1 Å². The lowest BCUT2D eigenvalue weighted by Gasteiger charge is -2.10. The van der Waals surface area contributed by atoms with Gasteiger partial charge in [-0.2, -0.15) is 5.10 Å². The highest BCUT2D eigenvalue weighted by atomic mass is 16.6. The van der Waals surface area contributed by atoms with Crippen LogP contribution in [0.4, 0.5) is 11.6 Å². The number of hydrogen-bond acceptors (Lipinski definition) is 7. The van der Waals surface area contributed by atoms with Crippen LogP contribution in [0.2, 0.25) is 0 Å². The Morgan fingerprint density at radius 3 is 2.57 bits per heavy atom. The van der Waals surface area contributed by atoms with Crippen molar-refractivity contribution < 1.29 is 4.92 Å². The zero-order valence-corrected chi connectivity index (χ0v) is 12.0. The van der Waals surface area contributed by atoms with Crippen LogP contribution >= 0.6 is 0 Å². The highest BCUT2D eigenvalue weighted by Gasteiger charge is 2.07. The summed E-state index contributed by atoms with van der Waals surface area (Å²) in [4.78, 5) is 21.8. The van der Waals surface area contributed by atoms with Gasteiger partial charge in [-0.25, -0.2) is 19.6 Å². The summed E-state index contributed by atoms with van der Waals surface area (Å²) < 4.78 is 1.74. The van der Waals surface area contributed by atoms with Gasteiger partial charge < -0.3 is 5.32 Å². The lowest BCUT2D eigenvalue weighted by Crippen LogP contribution is -2.08. The molecule has 3 aromatic rings. The molecule has 2 aromatic heterocycles. The average molecular weight is 311 g/mol. The average Bonchev–Trinajstić information content (AvgIpc) is 3.07. The van der Waals surface area contributed by atoms with Crippen molar-refractivity contribution in [1.82, 2.24) is 24.7 Å². The SMILES string of the molecule is O=[N+]([O-])c1cnc(NCc2ccccc2Cn2cncn2)nc1. The molecule has 9 nitrogen and oxygen atoms in total. The maximum atomic E-state index is 10.6. The third-order valence-corrected chi connectivity index (χ3v) is 3.20. The number of anilines is 1. The van der Waals surface area contributed by atoms with Crippen molar-refractivity contribution in [3.8, 4) is 0 Å². The second kappa shape index (κ2) is 6.60. The third kappa shape index (κ3) is 3.64. The smallest absolute Gasteiger partial charge is 0.305 e. The van der Waals surface area contributed by atoms with Crippen molar-refractivity contribution >= 4 is 11.6 Å². The molecule has 3 rings (SSSR count). The number of nitrogens with zero attached hydrogens (tertiary/aromatic N) is 6. The van der Waals surface area contributed by atoms with Crippen molar-refractivity contribution in [3.05, 3.63) is 70.6 Å². The summed E-state index contributed by atoms with van der Waals surface area (Å²) in [6.45, 7) is 1.11. The molecular formula is C14H13N7O2. The number of aromatic nitrogens is 5. The summed E-state index contributed by atoms with van der Waals surface area (Å²) in [7, 11) is 0. The summed E-state index contributed by atoms with van der Waals surface area (Å²) in [5.41, 5.74) is 2.01. The molecule has 0 saturated carbocycles. The number of nitrogens with one attached hydrogen (secondary N) is 1. The van der Waals surface area contributed by atoms with Gasteiger partial charge in [-0.05, 0) is 11.1 Å². The van der Waals surface area contributed by atoms with E-state index in [1.807, 2.05) is 24.3 Å². The van der Waals surface area contributed by atoms with Gasteiger partial charge in [0.05, 0.1) is 11.5 Å². The fourth-order valence-corrected chi connectivity index (χ4v) is 2.05. The summed E-state index contributed by atoms with van der Waals surface area (Å²) in [5.74, 6) is 0.339. The molecule has 9 heteroatoms. The largest absolute Gasteiger partial charge is 0.350 e. The molecular weight excluding hydrogens is 298 g/mol. The number of benzene rings is 1. The van der Waals surface area contributed by atoms with E-state index in [1.165, 1.54) is 18.7 Å². The van der Waals surface area contributed by atoms with Crippen LogP contribution in [0.3, 0.4) is 0 Å². The summed E-state index contributed by atoms with van der Waals surface area (Å²) in [6, 6.07) is 7.90. The molecule has 0 bridgehead atoms. The predicted molar refractivity (Wildman–Crippen MR) is 81.6 cm³/mol. The van der Waals surface area contributed by atoms with E-state index in [0.717, 1.165) is 11.1 Å². The van der Waals surface area contributed by atoms with Gasteiger partial charge in [0.1, 0.15) is 25.0 Å². The molecule has 0 unspecified atom stereocenters. The van der Waals surface area contributed by atoms with Gasteiger partial charge in [0.2, 0.25) is 5.95 Å². The van der Waals surface area contributed by atoms with E-state index in [0.29, 0.717) is 19.0 Å². The van der Waals surface area contributed by atoms with Crippen LogP contribution in [0.15, 0.2) is 49.3 Å². The molecule has 116 valence electrons. The van der Waals surface area contributed by atoms with E-state index in [-0.39, 0.29) is 5.69 Å². The maximum absolute atomic E-state index is 10.6. The van der Waals surface area contributed by atoms with Gasteiger partial charge in [0, 0.05) is 6.54 Å².